The molecular formula is C18H24N2. The predicted octanol–water partition coefficient (Wildman–Crippen LogP) is 3.66. The molecule has 2 nitrogen and oxygen atoms in total. The Balaban J connectivity index is 2.26. The Morgan fingerprint density at radius 3 is 2.15 bits per heavy atom. The molecule has 1 aromatic heterocycles. The van der Waals surface area contributed by atoms with Crippen molar-refractivity contribution in [2.45, 2.75) is 38.5 Å². The number of pyridine rings is 1. The van der Waals surface area contributed by atoms with Crippen LogP contribution in [0.25, 0.3) is 0 Å². The Hall–Kier alpha value is -1.67. The lowest BCUT2D eigenvalue weighted by Crippen LogP contribution is -2.34. The van der Waals surface area contributed by atoms with Crippen LogP contribution in [0.15, 0.2) is 48.8 Å². The second-order valence-electron chi connectivity index (χ2n) is 6.07. The molecule has 0 aliphatic carbocycles. The highest BCUT2D eigenvalue weighted by Gasteiger charge is 2.25. The first-order valence-corrected chi connectivity index (χ1v) is 7.24. The predicted molar refractivity (Wildman–Crippen MR) is 84.9 cm³/mol. The van der Waals surface area contributed by atoms with Crippen LogP contribution in [0.4, 0.5) is 0 Å². The van der Waals surface area contributed by atoms with Crippen LogP contribution in [0, 0.1) is 0 Å². The molecular weight excluding hydrogens is 244 g/mol. The lowest BCUT2D eigenvalue weighted by atomic mass is 9.77. The van der Waals surface area contributed by atoms with Gasteiger partial charge in [0.2, 0.25) is 0 Å². The summed E-state index contributed by atoms with van der Waals surface area (Å²) in [6, 6.07) is 13.0. The van der Waals surface area contributed by atoms with E-state index in [0.29, 0.717) is 12.5 Å². The largest absolute Gasteiger partial charge is 0.330 e. The van der Waals surface area contributed by atoms with E-state index in [0.717, 1.165) is 6.42 Å². The van der Waals surface area contributed by atoms with Crippen LogP contribution in [-0.4, -0.2) is 11.5 Å². The maximum absolute atomic E-state index is 6.07. The third-order valence-electron chi connectivity index (χ3n) is 4.07. The minimum atomic E-state index is -0.0309. The lowest BCUT2D eigenvalue weighted by Gasteiger charge is -2.29. The Morgan fingerprint density at radius 2 is 1.65 bits per heavy atom. The van der Waals surface area contributed by atoms with Gasteiger partial charge in [-0.25, -0.2) is 0 Å². The highest BCUT2D eigenvalue weighted by Crippen LogP contribution is 2.28. The van der Waals surface area contributed by atoms with Crippen molar-refractivity contribution in [2.75, 3.05) is 6.54 Å². The monoisotopic (exact) mass is 268 g/mol. The quantitative estimate of drug-likeness (QED) is 0.898. The summed E-state index contributed by atoms with van der Waals surface area (Å²) in [7, 11) is 0. The van der Waals surface area contributed by atoms with Crippen LogP contribution in [0.1, 0.15) is 43.4 Å². The zero-order valence-corrected chi connectivity index (χ0v) is 12.6. The van der Waals surface area contributed by atoms with Crippen molar-refractivity contribution in [1.82, 2.24) is 4.98 Å². The molecule has 0 amide bonds. The van der Waals surface area contributed by atoms with Crippen molar-refractivity contribution < 1.29 is 0 Å². The van der Waals surface area contributed by atoms with Gasteiger partial charge in [-0.1, -0.05) is 45.0 Å². The Bertz CT molecular complexity index is 531. The molecule has 2 rings (SSSR count). The first kappa shape index (κ1) is 14.7. The number of hydrogen-bond donors (Lipinski definition) is 1. The molecule has 1 aromatic carbocycles. The molecule has 0 bridgehead atoms. The smallest absolute Gasteiger partial charge is 0.0270 e. The Morgan fingerprint density at radius 1 is 1.05 bits per heavy atom. The van der Waals surface area contributed by atoms with E-state index < -0.39 is 0 Å². The molecule has 0 aliphatic rings. The van der Waals surface area contributed by atoms with Crippen LogP contribution in [0.5, 0.6) is 0 Å². The molecule has 106 valence electrons. The molecule has 0 spiro atoms. The van der Waals surface area contributed by atoms with Crippen LogP contribution >= 0.6 is 0 Å². The van der Waals surface area contributed by atoms with Gasteiger partial charge in [-0.3, -0.25) is 4.98 Å². The summed E-state index contributed by atoms with van der Waals surface area (Å²) in [5.41, 5.74) is 10.00. The van der Waals surface area contributed by atoms with Crippen molar-refractivity contribution >= 4 is 0 Å². The van der Waals surface area contributed by atoms with E-state index in [9.17, 15) is 0 Å². The second kappa shape index (κ2) is 6.19. The first-order chi connectivity index (χ1) is 9.55. The Labute approximate surface area is 122 Å². The van der Waals surface area contributed by atoms with Gasteiger partial charge in [0, 0.05) is 24.4 Å². The van der Waals surface area contributed by atoms with Crippen molar-refractivity contribution in [2.24, 2.45) is 5.73 Å². The summed E-state index contributed by atoms with van der Waals surface area (Å²) < 4.78 is 0. The molecule has 0 saturated carbocycles. The van der Waals surface area contributed by atoms with Gasteiger partial charge in [-0.15, -0.1) is 0 Å². The fourth-order valence-electron chi connectivity index (χ4n) is 2.51. The number of rotatable bonds is 5. The SMILES string of the molecule is CC(C)c1ccc(C(C)(CN)Cc2ccncc2)cc1. The van der Waals surface area contributed by atoms with Crippen molar-refractivity contribution in [3.63, 3.8) is 0 Å². The fraction of sp³-hybridized carbons (Fsp3) is 0.389. The molecule has 20 heavy (non-hydrogen) atoms. The van der Waals surface area contributed by atoms with Crippen LogP contribution in [-0.2, 0) is 11.8 Å². The molecule has 0 saturated heterocycles. The number of nitrogens with zero attached hydrogens (tertiary/aromatic N) is 1. The highest BCUT2D eigenvalue weighted by atomic mass is 14.6. The standard InChI is InChI=1S/C18H24N2/c1-14(2)16-4-6-17(7-5-16)18(3,13-19)12-15-8-10-20-11-9-15/h4-11,14H,12-13,19H2,1-3H3. The molecule has 1 atom stereocenters. The average Bonchev–Trinajstić information content (AvgIpc) is 2.48. The molecule has 2 aromatic rings. The molecule has 2 N–H and O–H groups in total. The van der Waals surface area contributed by atoms with Crippen molar-refractivity contribution in [1.29, 1.82) is 0 Å². The van der Waals surface area contributed by atoms with E-state index >= 15 is 0 Å². The number of hydrogen-bond acceptors (Lipinski definition) is 2. The third kappa shape index (κ3) is 3.26. The van der Waals surface area contributed by atoms with Gasteiger partial charge in [0.25, 0.3) is 0 Å². The summed E-state index contributed by atoms with van der Waals surface area (Å²) in [5.74, 6) is 0.563. The average molecular weight is 268 g/mol. The van der Waals surface area contributed by atoms with Crippen molar-refractivity contribution in [3.05, 3.63) is 65.5 Å². The van der Waals surface area contributed by atoms with E-state index in [4.69, 9.17) is 5.73 Å². The summed E-state index contributed by atoms with van der Waals surface area (Å²) in [6.07, 6.45) is 4.62. The number of benzene rings is 1. The molecule has 0 radical (unpaired) electrons. The van der Waals surface area contributed by atoms with Gasteiger partial charge >= 0.3 is 0 Å². The Kier molecular flexibility index (Phi) is 4.56. The van der Waals surface area contributed by atoms with Gasteiger partial charge < -0.3 is 5.73 Å². The van der Waals surface area contributed by atoms with Gasteiger partial charge in [0.1, 0.15) is 0 Å². The zero-order chi connectivity index (χ0) is 14.6. The fourth-order valence-corrected chi connectivity index (χ4v) is 2.51. The summed E-state index contributed by atoms with van der Waals surface area (Å²) >= 11 is 0. The molecule has 1 heterocycles. The minimum absolute atomic E-state index is 0.0309. The van der Waals surface area contributed by atoms with Gasteiger partial charge in [-0.2, -0.15) is 0 Å². The maximum Gasteiger partial charge on any atom is 0.0270 e. The molecule has 0 aliphatic heterocycles. The zero-order valence-electron chi connectivity index (χ0n) is 12.6. The van der Waals surface area contributed by atoms with Crippen LogP contribution < -0.4 is 5.73 Å². The summed E-state index contributed by atoms with van der Waals surface area (Å²) in [4.78, 5) is 4.07. The van der Waals surface area contributed by atoms with Gasteiger partial charge in [0.15, 0.2) is 0 Å². The topological polar surface area (TPSA) is 38.9 Å². The van der Waals surface area contributed by atoms with Gasteiger partial charge in [0.05, 0.1) is 0 Å². The molecule has 0 fully saturated rings. The van der Waals surface area contributed by atoms with Gasteiger partial charge in [-0.05, 0) is 41.2 Å². The highest BCUT2D eigenvalue weighted by molar-refractivity contribution is 5.32. The van der Waals surface area contributed by atoms with Crippen LogP contribution in [0.2, 0.25) is 0 Å². The molecule has 1 unspecified atom stereocenters. The summed E-state index contributed by atoms with van der Waals surface area (Å²) in [6.45, 7) is 7.30. The van der Waals surface area contributed by atoms with E-state index in [2.05, 4.69) is 62.2 Å². The number of nitrogens with two attached hydrogens (primary N) is 1. The van der Waals surface area contributed by atoms with Crippen molar-refractivity contribution in [3.8, 4) is 0 Å². The molecule has 2 heteroatoms. The lowest BCUT2D eigenvalue weighted by molar-refractivity contribution is 0.480. The van der Waals surface area contributed by atoms with E-state index in [1.54, 1.807) is 0 Å². The maximum atomic E-state index is 6.07. The second-order valence-corrected chi connectivity index (χ2v) is 6.07. The van der Waals surface area contributed by atoms with Crippen LogP contribution in [0.3, 0.4) is 0 Å². The number of aromatic nitrogens is 1. The third-order valence-corrected chi connectivity index (χ3v) is 4.07. The normalized spacial score (nSPS) is 14.2. The van der Waals surface area contributed by atoms with E-state index in [1.165, 1.54) is 16.7 Å². The first-order valence-electron chi connectivity index (χ1n) is 7.24. The van der Waals surface area contributed by atoms with E-state index in [-0.39, 0.29) is 5.41 Å². The summed E-state index contributed by atoms with van der Waals surface area (Å²) in [5, 5.41) is 0. The minimum Gasteiger partial charge on any atom is -0.330 e. The van der Waals surface area contributed by atoms with E-state index in [1.807, 2.05) is 12.4 Å².